The van der Waals surface area contributed by atoms with E-state index in [0.29, 0.717) is 17.9 Å². The Hall–Kier alpha value is -4.65. The van der Waals surface area contributed by atoms with E-state index in [1.54, 1.807) is 18.0 Å². The summed E-state index contributed by atoms with van der Waals surface area (Å²) in [5.41, 5.74) is 5.00. The molecule has 7 nitrogen and oxygen atoms in total. The maximum absolute atomic E-state index is 13.4. The number of hydrogen-bond donors (Lipinski definition) is 1. The second-order valence-corrected chi connectivity index (χ2v) is 9.22. The van der Waals surface area contributed by atoms with Gasteiger partial charge in [-0.25, -0.2) is 4.68 Å². The molecule has 38 heavy (non-hydrogen) atoms. The van der Waals surface area contributed by atoms with Gasteiger partial charge in [0.2, 0.25) is 0 Å². The van der Waals surface area contributed by atoms with Crippen molar-refractivity contribution in [3.63, 3.8) is 0 Å². The molecule has 0 aliphatic rings. The highest BCUT2D eigenvalue weighted by molar-refractivity contribution is 6.05. The maximum Gasteiger partial charge on any atom is 0.284 e. The number of benzene rings is 3. The number of nitrogens with one attached hydrogen (secondary N) is 1. The number of aromatic nitrogens is 3. The smallest absolute Gasteiger partial charge is 0.284 e. The molecule has 0 saturated carbocycles. The lowest BCUT2D eigenvalue weighted by atomic mass is 10.0. The summed E-state index contributed by atoms with van der Waals surface area (Å²) in [6, 6.07) is 25.0. The first kappa shape index (κ1) is 25.0. The number of carbonyl (C=O) groups is 1. The number of pyridine rings is 1. The van der Waals surface area contributed by atoms with Gasteiger partial charge in [-0.3, -0.25) is 19.3 Å². The van der Waals surface area contributed by atoms with E-state index in [2.05, 4.69) is 10.3 Å². The fourth-order valence-corrected chi connectivity index (χ4v) is 4.80. The van der Waals surface area contributed by atoms with Crippen molar-refractivity contribution in [1.29, 1.82) is 0 Å². The number of rotatable bonds is 8. The fraction of sp³-hybridized carbons (Fsp3) is 0.194. The van der Waals surface area contributed by atoms with Crippen LogP contribution in [-0.2, 0) is 13.0 Å². The molecular formula is C31H30N4O3. The van der Waals surface area contributed by atoms with Crippen molar-refractivity contribution in [3.8, 4) is 11.4 Å². The summed E-state index contributed by atoms with van der Waals surface area (Å²) < 4.78 is 8.79. The Morgan fingerprint density at radius 3 is 2.47 bits per heavy atom. The highest BCUT2D eigenvalue weighted by Gasteiger charge is 2.23. The molecule has 2 aromatic heterocycles. The van der Waals surface area contributed by atoms with E-state index in [-0.39, 0.29) is 11.1 Å². The van der Waals surface area contributed by atoms with Crippen molar-refractivity contribution >= 4 is 22.5 Å². The lowest BCUT2D eigenvalue weighted by Gasteiger charge is -2.12. The number of ether oxygens (including phenoxy) is 1. The van der Waals surface area contributed by atoms with Crippen LogP contribution in [0.3, 0.4) is 0 Å². The van der Waals surface area contributed by atoms with Gasteiger partial charge in [-0.2, -0.15) is 0 Å². The number of fused-ring (bicyclic) bond motifs is 1. The molecule has 7 heteroatoms. The molecule has 192 valence electrons. The average molecular weight is 507 g/mol. The van der Waals surface area contributed by atoms with Crippen LogP contribution in [0.4, 0.5) is 5.69 Å². The number of anilines is 1. The monoisotopic (exact) mass is 506 g/mol. The van der Waals surface area contributed by atoms with E-state index in [4.69, 9.17) is 4.74 Å². The van der Waals surface area contributed by atoms with Gasteiger partial charge in [0, 0.05) is 29.9 Å². The summed E-state index contributed by atoms with van der Waals surface area (Å²) >= 11 is 0. The van der Waals surface area contributed by atoms with Crippen LogP contribution in [0.1, 0.15) is 40.5 Å². The van der Waals surface area contributed by atoms with Crippen molar-refractivity contribution in [1.82, 2.24) is 14.3 Å². The first-order valence-electron chi connectivity index (χ1n) is 12.7. The van der Waals surface area contributed by atoms with Gasteiger partial charge in [-0.15, -0.1) is 0 Å². The third-order valence-electron chi connectivity index (χ3n) is 6.71. The van der Waals surface area contributed by atoms with Crippen LogP contribution in [0.5, 0.6) is 5.75 Å². The van der Waals surface area contributed by atoms with Gasteiger partial charge >= 0.3 is 0 Å². The topological polar surface area (TPSA) is 78.2 Å². The number of methoxy groups -OCH3 is 1. The summed E-state index contributed by atoms with van der Waals surface area (Å²) in [4.78, 5) is 31.1. The number of hydrogen-bond acceptors (Lipinski definition) is 4. The summed E-state index contributed by atoms with van der Waals surface area (Å²) in [5.74, 6) is 0.368. The van der Waals surface area contributed by atoms with E-state index in [1.807, 2.05) is 97.4 Å². The Labute approximate surface area is 221 Å². The molecule has 0 spiro atoms. The minimum absolute atomic E-state index is 0.157. The molecule has 0 aliphatic carbocycles. The molecule has 0 fully saturated rings. The molecule has 5 rings (SSSR count). The summed E-state index contributed by atoms with van der Waals surface area (Å²) in [6.45, 7) is 4.50. The zero-order valence-electron chi connectivity index (χ0n) is 21.8. The van der Waals surface area contributed by atoms with Crippen molar-refractivity contribution in [3.05, 3.63) is 118 Å². The molecule has 0 atom stereocenters. The van der Waals surface area contributed by atoms with Crippen LogP contribution >= 0.6 is 0 Å². The third kappa shape index (κ3) is 4.83. The standard InChI is InChI=1S/C31H30N4O3/c1-4-18-34-21(2)29(31(37)35(34)25-8-6-5-7-9-25)30(36)33-24-12-10-22(11-13-24)19-23-16-17-32-28-20-26(38-3)14-15-27(23)28/h5-17,20H,4,18-19H2,1-3H3,(H,33,36). The van der Waals surface area contributed by atoms with Crippen LogP contribution in [0.2, 0.25) is 0 Å². The Kier molecular flexibility index (Phi) is 7.09. The van der Waals surface area contributed by atoms with Crippen molar-refractivity contribution in [2.75, 3.05) is 12.4 Å². The number of amides is 1. The number of carbonyl (C=O) groups excluding carboxylic acids is 1. The Morgan fingerprint density at radius 1 is 1.00 bits per heavy atom. The van der Waals surface area contributed by atoms with E-state index < -0.39 is 5.91 Å². The molecule has 0 unspecified atom stereocenters. The zero-order valence-corrected chi connectivity index (χ0v) is 21.8. The molecule has 2 heterocycles. The van der Waals surface area contributed by atoms with Gasteiger partial charge in [-0.1, -0.05) is 37.3 Å². The molecule has 3 aromatic carbocycles. The minimum Gasteiger partial charge on any atom is -0.497 e. The molecule has 0 bridgehead atoms. The number of para-hydroxylation sites is 1. The van der Waals surface area contributed by atoms with E-state index in [0.717, 1.165) is 46.3 Å². The van der Waals surface area contributed by atoms with Crippen LogP contribution in [0.25, 0.3) is 16.6 Å². The Bertz CT molecular complexity index is 1650. The average Bonchev–Trinajstić information content (AvgIpc) is 3.19. The maximum atomic E-state index is 13.4. The summed E-state index contributed by atoms with van der Waals surface area (Å²) in [7, 11) is 1.65. The predicted octanol–water partition coefficient (Wildman–Crippen LogP) is 5.76. The lowest BCUT2D eigenvalue weighted by molar-refractivity contribution is 0.102. The molecule has 0 saturated heterocycles. The molecule has 1 amide bonds. The zero-order chi connectivity index (χ0) is 26.6. The van der Waals surface area contributed by atoms with Crippen LogP contribution in [0, 0.1) is 6.92 Å². The first-order valence-corrected chi connectivity index (χ1v) is 12.7. The van der Waals surface area contributed by atoms with Gasteiger partial charge in [0.25, 0.3) is 11.5 Å². The minimum atomic E-state index is -0.408. The predicted molar refractivity (Wildman–Crippen MR) is 151 cm³/mol. The molecule has 5 aromatic rings. The van der Waals surface area contributed by atoms with Crippen molar-refractivity contribution < 1.29 is 9.53 Å². The van der Waals surface area contributed by atoms with Crippen molar-refractivity contribution in [2.24, 2.45) is 0 Å². The lowest BCUT2D eigenvalue weighted by Crippen LogP contribution is -2.25. The van der Waals surface area contributed by atoms with Crippen LogP contribution < -0.4 is 15.6 Å². The summed E-state index contributed by atoms with van der Waals surface area (Å²) in [6.07, 6.45) is 3.37. The Morgan fingerprint density at radius 2 is 1.76 bits per heavy atom. The number of nitrogens with zero attached hydrogens (tertiary/aromatic N) is 3. The van der Waals surface area contributed by atoms with Crippen molar-refractivity contribution in [2.45, 2.75) is 33.2 Å². The molecule has 0 radical (unpaired) electrons. The second kappa shape index (κ2) is 10.8. The van der Waals surface area contributed by atoms with E-state index in [1.165, 1.54) is 0 Å². The summed E-state index contributed by atoms with van der Waals surface area (Å²) in [5, 5.41) is 3.99. The third-order valence-corrected chi connectivity index (χ3v) is 6.71. The van der Waals surface area contributed by atoms with Gasteiger partial charge in [0.05, 0.1) is 24.0 Å². The highest BCUT2D eigenvalue weighted by atomic mass is 16.5. The Balaban J connectivity index is 1.38. The second-order valence-electron chi connectivity index (χ2n) is 9.22. The van der Waals surface area contributed by atoms with Gasteiger partial charge in [0.1, 0.15) is 11.3 Å². The van der Waals surface area contributed by atoms with E-state index >= 15 is 0 Å². The highest BCUT2D eigenvalue weighted by Crippen LogP contribution is 2.24. The van der Waals surface area contributed by atoms with Gasteiger partial charge in [0.15, 0.2) is 0 Å². The van der Waals surface area contributed by atoms with Gasteiger partial charge < -0.3 is 10.1 Å². The first-order chi connectivity index (χ1) is 18.5. The quantitative estimate of drug-likeness (QED) is 0.290. The molecular weight excluding hydrogens is 476 g/mol. The van der Waals surface area contributed by atoms with Crippen LogP contribution in [0.15, 0.2) is 89.9 Å². The van der Waals surface area contributed by atoms with E-state index in [9.17, 15) is 9.59 Å². The van der Waals surface area contributed by atoms with Gasteiger partial charge in [-0.05, 0) is 73.4 Å². The normalized spacial score (nSPS) is 11.0. The SMILES string of the molecule is CCCn1c(C)c(C(=O)Nc2ccc(Cc3ccnc4cc(OC)ccc34)cc2)c(=O)n1-c1ccccc1. The molecule has 1 N–H and O–H groups in total. The van der Waals surface area contributed by atoms with Crippen LogP contribution in [-0.4, -0.2) is 27.4 Å². The fourth-order valence-electron chi connectivity index (χ4n) is 4.80. The molecule has 0 aliphatic heterocycles. The largest absolute Gasteiger partial charge is 0.497 e.